The van der Waals surface area contributed by atoms with Crippen LogP contribution in [0.4, 0.5) is 13.2 Å². The number of rotatable bonds is 7. The van der Waals surface area contributed by atoms with Gasteiger partial charge in [-0.25, -0.2) is 27.9 Å². The fraction of sp³-hybridized carbons (Fsp3) is 0.105. The molecular formula is C19H13F3N2O4. The Balaban J connectivity index is 1.69. The van der Waals surface area contributed by atoms with Gasteiger partial charge in [0.05, 0.1) is 11.3 Å². The second kappa shape index (κ2) is 8.38. The van der Waals surface area contributed by atoms with Crippen molar-refractivity contribution in [3.8, 4) is 22.9 Å². The highest BCUT2D eigenvalue weighted by molar-refractivity contribution is 5.68. The first-order valence-electron chi connectivity index (χ1n) is 7.96. The molecule has 0 saturated carbocycles. The molecule has 0 spiro atoms. The number of carboxylic acid groups (broad SMARTS) is 1. The molecule has 0 saturated heterocycles. The summed E-state index contributed by atoms with van der Waals surface area (Å²) in [6.07, 6.45) is 1.31. The third-order valence-corrected chi connectivity index (χ3v) is 3.52. The van der Waals surface area contributed by atoms with Gasteiger partial charge in [0.1, 0.15) is 35.6 Å². The maximum absolute atomic E-state index is 13.9. The molecular weight excluding hydrogens is 377 g/mol. The second-order valence-electron chi connectivity index (χ2n) is 5.56. The number of halogens is 3. The van der Waals surface area contributed by atoms with Crippen molar-refractivity contribution in [1.29, 1.82) is 0 Å². The molecule has 144 valence electrons. The number of carbonyl (C=O) groups is 1. The predicted octanol–water partition coefficient (Wildman–Crippen LogP) is 3.60. The van der Waals surface area contributed by atoms with E-state index < -0.39 is 35.6 Å². The molecule has 1 aromatic heterocycles. The minimum Gasteiger partial charge on any atom is -0.487 e. The number of ether oxygens (including phenoxy) is 2. The first-order chi connectivity index (χ1) is 13.4. The molecule has 0 fully saturated rings. The molecule has 3 rings (SSSR count). The Morgan fingerprint density at radius 1 is 0.964 bits per heavy atom. The molecule has 1 N–H and O–H groups in total. The van der Waals surface area contributed by atoms with Crippen LogP contribution in [0.3, 0.4) is 0 Å². The van der Waals surface area contributed by atoms with Gasteiger partial charge in [-0.05, 0) is 30.3 Å². The summed E-state index contributed by atoms with van der Waals surface area (Å²) in [7, 11) is 0. The lowest BCUT2D eigenvalue weighted by molar-refractivity contribution is -0.139. The lowest BCUT2D eigenvalue weighted by Crippen LogP contribution is -2.09. The smallest absolute Gasteiger partial charge is 0.341 e. The Labute approximate surface area is 157 Å². The quantitative estimate of drug-likeness (QED) is 0.664. The van der Waals surface area contributed by atoms with Gasteiger partial charge in [-0.3, -0.25) is 0 Å². The molecule has 9 heteroatoms. The normalized spacial score (nSPS) is 10.5. The molecule has 0 radical (unpaired) electrons. The van der Waals surface area contributed by atoms with Crippen LogP contribution in [0.15, 0.2) is 48.7 Å². The van der Waals surface area contributed by atoms with E-state index in [0.29, 0.717) is 29.3 Å². The van der Waals surface area contributed by atoms with Crippen LogP contribution in [0.5, 0.6) is 11.5 Å². The fourth-order valence-corrected chi connectivity index (χ4v) is 2.29. The van der Waals surface area contributed by atoms with Crippen LogP contribution in [-0.4, -0.2) is 27.7 Å². The Bertz CT molecular complexity index is 974. The number of hydrogen-bond donors (Lipinski definition) is 1. The van der Waals surface area contributed by atoms with E-state index >= 15 is 0 Å². The molecule has 0 atom stereocenters. The molecule has 0 aliphatic carbocycles. The first kappa shape index (κ1) is 19.2. The predicted molar refractivity (Wildman–Crippen MR) is 91.2 cm³/mol. The summed E-state index contributed by atoms with van der Waals surface area (Å²) < 4.78 is 51.4. The maximum atomic E-state index is 13.9. The van der Waals surface area contributed by atoms with Gasteiger partial charge in [0.25, 0.3) is 0 Å². The van der Waals surface area contributed by atoms with Crippen molar-refractivity contribution >= 4 is 5.97 Å². The maximum Gasteiger partial charge on any atom is 0.341 e. The molecule has 0 bridgehead atoms. The largest absolute Gasteiger partial charge is 0.487 e. The third kappa shape index (κ3) is 4.76. The minimum absolute atomic E-state index is 0.0186. The molecule has 28 heavy (non-hydrogen) atoms. The molecule has 3 aromatic rings. The van der Waals surface area contributed by atoms with Crippen LogP contribution in [0, 0.1) is 17.5 Å². The summed E-state index contributed by atoms with van der Waals surface area (Å²) in [6, 6.07) is 8.82. The van der Waals surface area contributed by atoms with E-state index in [1.807, 2.05) is 0 Å². The molecule has 0 amide bonds. The highest BCUT2D eigenvalue weighted by Gasteiger charge is 2.16. The van der Waals surface area contributed by atoms with Gasteiger partial charge in [0.2, 0.25) is 0 Å². The van der Waals surface area contributed by atoms with Crippen molar-refractivity contribution in [1.82, 2.24) is 9.97 Å². The van der Waals surface area contributed by atoms with Gasteiger partial charge in [-0.1, -0.05) is 0 Å². The van der Waals surface area contributed by atoms with E-state index in [0.717, 1.165) is 0 Å². The summed E-state index contributed by atoms with van der Waals surface area (Å²) in [4.78, 5) is 18.3. The van der Waals surface area contributed by atoms with Gasteiger partial charge in [0, 0.05) is 18.3 Å². The Morgan fingerprint density at radius 2 is 1.57 bits per heavy atom. The Morgan fingerprint density at radius 3 is 2.18 bits per heavy atom. The van der Waals surface area contributed by atoms with Crippen LogP contribution >= 0.6 is 0 Å². The highest BCUT2D eigenvalue weighted by atomic mass is 19.1. The third-order valence-electron chi connectivity index (χ3n) is 3.52. The molecule has 2 aromatic carbocycles. The minimum atomic E-state index is -1.10. The summed E-state index contributed by atoms with van der Waals surface area (Å²) in [5.74, 6) is -3.75. The number of aliphatic carboxylic acids is 1. The highest BCUT2D eigenvalue weighted by Crippen LogP contribution is 2.24. The summed E-state index contributed by atoms with van der Waals surface area (Å²) in [5, 5.41) is 8.56. The van der Waals surface area contributed by atoms with E-state index in [1.165, 1.54) is 24.4 Å². The van der Waals surface area contributed by atoms with Crippen molar-refractivity contribution in [3.05, 3.63) is 71.8 Å². The van der Waals surface area contributed by atoms with Gasteiger partial charge in [0.15, 0.2) is 12.4 Å². The zero-order chi connectivity index (χ0) is 20.1. The Kier molecular flexibility index (Phi) is 5.73. The van der Waals surface area contributed by atoms with Crippen LogP contribution in [-0.2, 0) is 11.4 Å². The van der Waals surface area contributed by atoms with E-state index in [2.05, 4.69) is 9.97 Å². The summed E-state index contributed by atoms with van der Waals surface area (Å²) in [5.41, 5.74) is -0.178. The number of hydrogen-bond acceptors (Lipinski definition) is 5. The van der Waals surface area contributed by atoms with Crippen molar-refractivity contribution in [2.75, 3.05) is 6.61 Å². The zero-order valence-corrected chi connectivity index (χ0v) is 14.2. The van der Waals surface area contributed by atoms with E-state index in [4.69, 9.17) is 14.6 Å². The molecule has 1 heterocycles. The van der Waals surface area contributed by atoms with Gasteiger partial charge in [-0.15, -0.1) is 0 Å². The molecule has 6 nitrogen and oxygen atoms in total. The molecule has 0 unspecified atom stereocenters. The van der Waals surface area contributed by atoms with Crippen LogP contribution < -0.4 is 9.47 Å². The number of aromatic nitrogens is 2. The van der Waals surface area contributed by atoms with E-state index in [1.54, 1.807) is 12.1 Å². The van der Waals surface area contributed by atoms with E-state index in [-0.39, 0.29) is 12.4 Å². The van der Waals surface area contributed by atoms with Crippen LogP contribution in [0.2, 0.25) is 0 Å². The monoisotopic (exact) mass is 390 g/mol. The second-order valence-corrected chi connectivity index (χ2v) is 5.56. The van der Waals surface area contributed by atoms with Gasteiger partial charge < -0.3 is 14.6 Å². The lowest BCUT2D eigenvalue weighted by atomic mass is 10.1. The van der Waals surface area contributed by atoms with E-state index in [9.17, 15) is 18.0 Å². The van der Waals surface area contributed by atoms with Crippen molar-refractivity contribution < 1.29 is 32.5 Å². The average Bonchev–Trinajstić information content (AvgIpc) is 2.65. The summed E-state index contributed by atoms with van der Waals surface area (Å²) >= 11 is 0. The first-order valence-corrected chi connectivity index (χ1v) is 7.96. The number of nitrogens with zero attached hydrogens (tertiary/aromatic N) is 2. The molecule has 0 aliphatic rings. The Hall–Kier alpha value is -3.62. The number of carboxylic acids is 1. The topological polar surface area (TPSA) is 81.5 Å². The van der Waals surface area contributed by atoms with Crippen LogP contribution in [0.25, 0.3) is 11.4 Å². The van der Waals surface area contributed by atoms with Crippen molar-refractivity contribution in [3.63, 3.8) is 0 Å². The van der Waals surface area contributed by atoms with Crippen molar-refractivity contribution in [2.24, 2.45) is 0 Å². The van der Waals surface area contributed by atoms with Crippen LogP contribution in [0.1, 0.15) is 5.69 Å². The standard InChI is InChI=1S/C19H13F3N2O4/c20-11-7-15(21)18(16(22)8-11)19-23-6-5-12(24-19)9-27-13-1-3-14(4-2-13)28-10-17(25)26/h1-8H,9-10H2,(H,25,26). The fourth-order valence-electron chi connectivity index (χ4n) is 2.29. The lowest BCUT2D eigenvalue weighted by Gasteiger charge is -2.09. The van der Waals surface area contributed by atoms with Gasteiger partial charge >= 0.3 is 5.97 Å². The number of benzene rings is 2. The average molecular weight is 390 g/mol. The molecule has 0 aliphatic heterocycles. The summed E-state index contributed by atoms with van der Waals surface area (Å²) in [6.45, 7) is -0.476. The SMILES string of the molecule is O=C(O)COc1ccc(OCc2ccnc(-c3c(F)cc(F)cc3F)n2)cc1. The van der Waals surface area contributed by atoms with Crippen molar-refractivity contribution in [2.45, 2.75) is 6.61 Å². The van der Waals surface area contributed by atoms with Gasteiger partial charge in [-0.2, -0.15) is 0 Å². The zero-order valence-electron chi connectivity index (χ0n) is 14.2.